The Kier molecular flexibility index (Phi) is 3.92. The highest BCUT2D eigenvalue weighted by Crippen LogP contribution is 2.48. The Labute approximate surface area is 138 Å². The van der Waals surface area contributed by atoms with Crippen LogP contribution in [0.25, 0.3) is 11.1 Å². The monoisotopic (exact) mass is 328 g/mol. The molecule has 0 spiro atoms. The third-order valence-electron chi connectivity index (χ3n) is 3.98. The summed E-state index contributed by atoms with van der Waals surface area (Å²) in [5.74, 6) is -1.57. The summed E-state index contributed by atoms with van der Waals surface area (Å²) in [5, 5.41) is 9.33. The molecule has 1 N–H and O–H groups in total. The van der Waals surface area contributed by atoms with Gasteiger partial charge in [0, 0.05) is 11.6 Å². The number of hydrogen-bond donors (Lipinski definition) is 1. The zero-order valence-electron chi connectivity index (χ0n) is 12.2. The molecule has 1 aliphatic rings. The normalized spacial score (nSPS) is 13.8. The predicted octanol–water partition coefficient (Wildman–Crippen LogP) is 4.53. The van der Waals surface area contributed by atoms with Crippen LogP contribution in [0.1, 0.15) is 24.0 Å². The Morgan fingerprint density at radius 3 is 1.91 bits per heavy atom. The zero-order chi connectivity index (χ0) is 16.6. The van der Waals surface area contributed by atoms with Gasteiger partial charge >= 0.3 is 11.4 Å². The van der Waals surface area contributed by atoms with Gasteiger partial charge in [0.15, 0.2) is 0 Å². The Hall–Kier alpha value is -2.59. The number of carbonyl (C=O) groups is 2. The van der Waals surface area contributed by atoms with E-state index in [1.165, 1.54) is 6.92 Å². The van der Waals surface area contributed by atoms with Gasteiger partial charge in [0.05, 0.1) is 11.5 Å². The summed E-state index contributed by atoms with van der Waals surface area (Å²) in [6.07, 6.45) is 0. The van der Waals surface area contributed by atoms with Crippen molar-refractivity contribution in [2.24, 2.45) is 0 Å². The number of carboxylic acid groups (broad SMARTS) is 1. The number of benzene rings is 2. The molecule has 0 aromatic heterocycles. The van der Waals surface area contributed by atoms with Crippen molar-refractivity contribution in [3.8, 4) is 11.1 Å². The molecule has 0 heterocycles. The molecule has 2 aromatic carbocycles. The number of ether oxygens (including phenoxy) is 1. The van der Waals surface area contributed by atoms with Crippen LogP contribution >= 0.6 is 11.6 Å². The minimum absolute atomic E-state index is 0.0458. The predicted molar refractivity (Wildman–Crippen MR) is 86.4 cm³/mol. The average molecular weight is 329 g/mol. The summed E-state index contributed by atoms with van der Waals surface area (Å²) in [6.45, 7) is 1.40. The fraction of sp³-hybridized carbons (Fsp3) is 0.111. The van der Waals surface area contributed by atoms with Crippen LogP contribution in [0.3, 0.4) is 0 Å². The van der Waals surface area contributed by atoms with Crippen LogP contribution in [0.2, 0.25) is 0 Å². The summed E-state index contributed by atoms with van der Waals surface area (Å²) in [4.78, 5) is 22.7. The van der Waals surface area contributed by atoms with E-state index >= 15 is 0 Å². The number of allylic oxidation sites excluding steroid dienone is 1. The Bertz CT molecular complexity index is 793. The fourth-order valence-electron chi connectivity index (χ4n) is 2.98. The van der Waals surface area contributed by atoms with Crippen LogP contribution < -0.4 is 0 Å². The fourth-order valence-corrected chi connectivity index (χ4v) is 3.06. The van der Waals surface area contributed by atoms with Crippen molar-refractivity contribution in [2.75, 3.05) is 0 Å². The van der Waals surface area contributed by atoms with Crippen molar-refractivity contribution in [1.29, 1.82) is 0 Å². The van der Waals surface area contributed by atoms with Crippen LogP contribution in [-0.4, -0.2) is 16.5 Å². The third kappa shape index (κ3) is 2.62. The van der Waals surface area contributed by atoms with Crippen molar-refractivity contribution in [3.05, 3.63) is 71.0 Å². The minimum atomic E-state index is -1.15. The quantitative estimate of drug-likeness (QED) is 0.510. The van der Waals surface area contributed by atoms with Crippen LogP contribution in [0.15, 0.2) is 59.9 Å². The van der Waals surface area contributed by atoms with Crippen molar-refractivity contribution >= 4 is 23.0 Å². The summed E-state index contributed by atoms with van der Waals surface area (Å²) >= 11 is 5.37. The average Bonchev–Trinajstić information content (AvgIpc) is 2.86. The molecule has 0 saturated carbocycles. The molecule has 3 rings (SSSR count). The first kappa shape index (κ1) is 15.3. The van der Waals surface area contributed by atoms with Crippen LogP contribution in [-0.2, 0) is 9.53 Å². The van der Waals surface area contributed by atoms with Crippen molar-refractivity contribution in [3.63, 3.8) is 0 Å². The molecule has 5 heteroatoms. The highest BCUT2D eigenvalue weighted by Gasteiger charge is 2.35. The van der Waals surface area contributed by atoms with Crippen molar-refractivity contribution in [1.82, 2.24) is 0 Å². The van der Waals surface area contributed by atoms with Gasteiger partial charge in [-0.2, -0.15) is 0 Å². The molecule has 116 valence electrons. The molecular weight excluding hydrogens is 316 g/mol. The van der Waals surface area contributed by atoms with Gasteiger partial charge < -0.3 is 9.84 Å². The van der Waals surface area contributed by atoms with Crippen molar-refractivity contribution < 1.29 is 19.4 Å². The van der Waals surface area contributed by atoms with Gasteiger partial charge in [0.1, 0.15) is 5.76 Å². The topological polar surface area (TPSA) is 63.6 Å². The van der Waals surface area contributed by atoms with Crippen molar-refractivity contribution in [2.45, 2.75) is 12.8 Å². The van der Waals surface area contributed by atoms with Gasteiger partial charge in [-0.15, -0.1) is 0 Å². The molecule has 23 heavy (non-hydrogen) atoms. The number of rotatable bonds is 3. The second-order valence-electron chi connectivity index (χ2n) is 5.24. The molecule has 0 saturated heterocycles. The SMILES string of the molecule is CC(C(=O)O)=C(OC(=O)Cl)C1c2ccccc2-c2ccccc21. The summed E-state index contributed by atoms with van der Waals surface area (Å²) in [5.41, 5.74) is 2.67. The molecule has 0 unspecified atom stereocenters. The molecule has 0 bridgehead atoms. The molecule has 2 aromatic rings. The smallest absolute Gasteiger partial charge is 0.408 e. The second kappa shape index (κ2) is 5.89. The van der Waals surface area contributed by atoms with Gasteiger partial charge in [-0.1, -0.05) is 48.5 Å². The van der Waals surface area contributed by atoms with E-state index in [1.54, 1.807) is 0 Å². The molecule has 0 amide bonds. The van der Waals surface area contributed by atoms with Gasteiger partial charge in [-0.25, -0.2) is 9.59 Å². The standard InChI is InChI=1S/C18H13ClO4/c1-10(17(20)21)16(23-18(19)22)15-13-8-4-2-6-11(13)12-7-3-5-9-14(12)15/h2-9,15H,1H3,(H,20,21). The molecule has 0 atom stereocenters. The first-order chi connectivity index (χ1) is 11.0. The Balaban J connectivity index is 2.27. The molecular formula is C18H13ClO4. The minimum Gasteiger partial charge on any atom is -0.478 e. The Morgan fingerprint density at radius 2 is 1.48 bits per heavy atom. The zero-order valence-corrected chi connectivity index (χ0v) is 13.0. The van der Waals surface area contributed by atoms with E-state index in [0.29, 0.717) is 0 Å². The number of carbonyl (C=O) groups excluding carboxylic acids is 1. The lowest BCUT2D eigenvalue weighted by Gasteiger charge is -2.18. The van der Waals surface area contributed by atoms with E-state index in [2.05, 4.69) is 0 Å². The van der Waals surface area contributed by atoms with Gasteiger partial charge in [-0.05, 0) is 29.2 Å². The highest BCUT2D eigenvalue weighted by atomic mass is 35.5. The maximum Gasteiger partial charge on any atom is 0.408 e. The van der Waals surface area contributed by atoms with Crippen LogP contribution in [0.4, 0.5) is 4.79 Å². The number of halogens is 1. The molecule has 1 aliphatic carbocycles. The lowest BCUT2D eigenvalue weighted by Crippen LogP contribution is -2.12. The van der Waals surface area contributed by atoms with Gasteiger partial charge in [-0.3, -0.25) is 0 Å². The van der Waals surface area contributed by atoms with E-state index in [1.807, 2.05) is 48.5 Å². The van der Waals surface area contributed by atoms with E-state index < -0.39 is 17.3 Å². The largest absolute Gasteiger partial charge is 0.478 e. The highest BCUT2D eigenvalue weighted by molar-refractivity contribution is 6.61. The lowest BCUT2D eigenvalue weighted by atomic mass is 9.92. The number of hydrogen-bond acceptors (Lipinski definition) is 3. The number of carboxylic acids is 1. The van der Waals surface area contributed by atoms with E-state index in [-0.39, 0.29) is 11.3 Å². The molecule has 0 aliphatic heterocycles. The van der Waals surface area contributed by atoms with Gasteiger partial charge in [0.25, 0.3) is 0 Å². The van der Waals surface area contributed by atoms with E-state index in [0.717, 1.165) is 22.3 Å². The first-order valence-corrected chi connectivity index (χ1v) is 7.38. The van der Waals surface area contributed by atoms with E-state index in [9.17, 15) is 14.7 Å². The number of aliphatic carboxylic acids is 1. The molecule has 0 fully saturated rings. The first-order valence-electron chi connectivity index (χ1n) is 7.00. The maximum atomic E-state index is 11.4. The van der Waals surface area contributed by atoms with Gasteiger partial charge in [0.2, 0.25) is 0 Å². The summed E-state index contributed by atoms with van der Waals surface area (Å²) in [6, 6.07) is 15.3. The summed E-state index contributed by atoms with van der Waals surface area (Å²) < 4.78 is 5.10. The third-order valence-corrected chi connectivity index (χ3v) is 4.05. The maximum absolute atomic E-state index is 11.4. The van der Waals surface area contributed by atoms with E-state index in [4.69, 9.17) is 16.3 Å². The van der Waals surface area contributed by atoms with Crippen LogP contribution in [0.5, 0.6) is 0 Å². The number of fused-ring (bicyclic) bond motifs is 3. The Morgan fingerprint density at radius 1 is 1.00 bits per heavy atom. The summed E-state index contributed by atoms with van der Waals surface area (Å²) in [7, 11) is 0. The molecule has 0 radical (unpaired) electrons. The van der Waals surface area contributed by atoms with Crippen LogP contribution in [0, 0.1) is 0 Å². The lowest BCUT2D eigenvalue weighted by molar-refractivity contribution is -0.132. The molecule has 4 nitrogen and oxygen atoms in total. The second-order valence-corrected chi connectivity index (χ2v) is 5.55.